The predicted octanol–water partition coefficient (Wildman–Crippen LogP) is 5.40. The van der Waals surface area contributed by atoms with Gasteiger partial charge in [-0.1, -0.05) is 29.6 Å². The molecule has 1 aliphatic rings. The molecule has 0 unspecified atom stereocenters. The molecule has 1 aliphatic heterocycles. The third-order valence-electron chi connectivity index (χ3n) is 4.59. The average Bonchev–Trinajstić information content (AvgIpc) is 2.62. The Labute approximate surface area is 165 Å². The number of piperidine rings is 1. The Morgan fingerprint density at radius 2 is 1.85 bits per heavy atom. The minimum Gasteiger partial charge on any atom is -0.478 e. The molecule has 0 N–H and O–H groups in total. The molecule has 1 aromatic carbocycles. The van der Waals surface area contributed by atoms with E-state index in [1.807, 2.05) is 19.1 Å². The van der Waals surface area contributed by atoms with Gasteiger partial charge in [-0.3, -0.25) is 0 Å². The number of nitrogens with zero attached hydrogens (tertiary/aromatic N) is 3. The van der Waals surface area contributed by atoms with Crippen molar-refractivity contribution in [1.82, 2.24) is 14.9 Å². The fourth-order valence-electron chi connectivity index (χ4n) is 3.25. The molecule has 140 valence electrons. The summed E-state index contributed by atoms with van der Waals surface area (Å²) in [5.74, 6) is 1.26. The predicted molar refractivity (Wildman–Crippen MR) is 107 cm³/mol. The molecule has 0 amide bonds. The number of halogens is 2. The summed E-state index contributed by atoms with van der Waals surface area (Å²) < 4.78 is 5.86. The van der Waals surface area contributed by atoms with Gasteiger partial charge in [0, 0.05) is 16.7 Å². The van der Waals surface area contributed by atoms with Crippen LogP contribution in [0.25, 0.3) is 11.3 Å². The molecule has 1 aromatic heterocycles. The van der Waals surface area contributed by atoms with E-state index in [0.717, 1.165) is 30.6 Å². The molecule has 3 rings (SSSR count). The Morgan fingerprint density at radius 3 is 2.62 bits per heavy atom. The lowest BCUT2D eigenvalue weighted by Crippen LogP contribution is -2.30. The quantitative estimate of drug-likeness (QED) is 0.589. The second-order valence-electron chi connectivity index (χ2n) is 6.72. The fourth-order valence-corrected chi connectivity index (χ4v) is 3.75. The molecule has 0 saturated carbocycles. The van der Waals surface area contributed by atoms with Crippen molar-refractivity contribution in [3.8, 4) is 17.1 Å². The van der Waals surface area contributed by atoms with E-state index in [0.29, 0.717) is 28.4 Å². The van der Waals surface area contributed by atoms with Crippen molar-refractivity contribution >= 4 is 23.2 Å². The molecule has 0 aliphatic carbocycles. The second-order valence-corrected chi connectivity index (χ2v) is 7.56. The van der Waals surface area contributed by atoms with Gasteiger partial charge in [0.15, 0.2) is 0 Å². The highest BCUT2D eigenvalue weighted by atomic mass is 35.5. The zero-order valence-electron chi connectivity index (χ0n) is 15.2. The highest BCUT2D eigenvalue weighted by Gasteiger charge is 2.11. The van der Waals surface area contributed by atoms with Crippen molar-refractivity contribution < 1.29 is 4.74 Å². The van der Waals surface area contributed by atoms with Crippen molar-refractivity contribution in [3.63, 3.8) is 0 Å². The van der Waals surface area contributed by atoms with Gasteiger partial charge >= 0.3 is 0 Å². The van der Waals surface area contributed by atoms with E-state index < -0.39 is 0 Å². The summed E-state index contributed by atoms with van der Waals surface area (Å²) in [6.45, 7) is 6.18. The molecule has 1 saturated heterocycles. The van der Waals surface area contributed by atoms with E-state index >= 15 is 0 Å². The van der Waals surface area contributed by atoms with Crippen molar-refractivity contribution in [1.29, 1.82) is 0 Å². The van der Waals surface area contributed by atoms with Crippen LogP contribution in [0.5, 0.6) is 5.88 Å². The molecule has 2 aromatic rings. The lowest BCUT2D eigenvalue weighted by atomic mass is 10.1. The molecular weight excluding hydrogens is 369 g/mol. The first kappa shape index (κ1) is 19.4. The Balaban J connectivity index is 1.54. The molecule has 4 nitrogen and oxygen atoms in total. The third-order valence-corrected chi connectivity index (χ3v) is 5.14. The van der Waals surface area contributed by atoms with Gasteiger partial charge in [-0.15, -0.1) is 0 Å². The first-order valence-electron chi connectivity index (χ1n) is 9.28. The smallest absolute Gasteiger partial charge is 0.217 e. The van der Waals surface area contributed by atoms with E-state index in [1.165, 1.54) is 32.4 Å². The highest BCUT2D eigenvalue weighted by molar-refractivity contribution is 6.36. The number of ether oxygens (including phenoxy) is 1. The van der Waals surface area contributed by atoms with Crippen molar-refractivity contribution in [2.45, 2.75) is 39.0 Å². The molecule has 0 radical (unpaired) electrons. The monoisotopic (exact) mass is 393 g/mol. The van der Waals surface area contributed by atoms with Crippen LogP contribution in [0.15, 0.2) is 24.3 Å². The molecule has 0 atom stereocenters. The van der Waals surface area contributed by atoms with Crippen LogP contribution in [-0.2, 0) is 0 Å². The maximum Gasteiger partial charge on any atom is 0.217 e. The van der Waals surface area contributed by atoms with Gasteiger partial charge in [0.2, 0.25) is 5.88 Å². The van der Waals surface area contributed by atoms with Gasteiger partial charge in [-0.05, 0) is 70.4 Å². The summed E-state index contributed by atoms with van der Waals surface area (Å²) in [4.78, 5) is 11.4. The number of benzene rings is 1. The van der Waals surface area contributed by atoms with Crippen LogP contribution in [0.2, 0.25) is 10.0 Å². The number of hydrogen-bond donors (Lipinski definition) is 0. The topological polar surface area (TPSA) is 38.2 Å². The summed E-state index contributed by atoms with van der Waals surface area (Å²) in [7, 11) is 0. The van der Waals surface area contributed by atoms with Crippen molar-refractivity contribution in [2.24, 2.45) is 0 Å². The van der Waals surface area contributed by atoms with Gasteiger partial charge in [0.25, 0.3) is 0 Å². The normalized spacial score (nSPS) is 15.2. The van der Waals surface area contributed by atoms with Gasteiger partial charge < -0.3 is 9.64 Å². The van der Waals surface area contributed by atoms with Crippen LogP contribution in [0.4, 0.5) is 0 Å². The third kappa shape index (κ3) is 5.57. The first-order chi connectivity index (χ1) is 12.6. The average molecular weight is 394 g/mol. The maximum atomic E-state index is 6.30. The molecular formula is C20H25Cl2N3O. The summed E-state index contributed by atoms with van der Waals surface area (Å²) in [6, 6.07) is 7.24. The molecule has 0 bridgehead atoms. The van der Waals surface area contributed by atoms with E-state index in [9.17, 15) is 0 Å². The lowest BCUT2D eigenvalue weighted by Gasteiger charge is -2.26. The van der Waals surface area contributed by atoms with Gasteiger partial charge in [0.1, 0.15) is 5.82 Å². The van der Waals surface area contributed by atoms with Crippen LogP contribution >= 0.6 is 23.2 Å². The van der Waals surface area contributed by atoms with E-state index in [4.69, 9.17) is 27.9 Å². The fraction of sp³-hybridized carbons (Fsp3) is 0.500. The number of hydrogen-bond acceptors (Lipinski definition) is 4. The van der Waals surface area contributed by atoms with E-state index in [2.05, 4.69) is 14.9 Å². The Bertz CT molecular complexity index is 733. The van der Waals surface area contributed by atoms with Crippen LogP contribution in [0.1, 0.15) is 37.9 Å². The lowest BCUT2D eigenvalue weighted by molar-refractivity contribution is 0.215. The Hall–Kier alpha value is -1.36. The highest BCUT2D eigenvalue weighted by Crippen LogP contribution is 2.30. The SMILES string of the molecule is Cc1nc(OCCCCN2CCCCC2)cc(-c2ccc(Cl)cc2Cl)n1. The number of likely N-dealkylation sites (tertiary alicyclic amines) is 1. The summed E-state index contributed by atoms with van der Waals surface area (Å²) in [5.41, 5.74) is 1.58. The van der Waals surface area contributed by atoms with Crippen LogP contribution < -0.4 is 4.74 Å². The van der Waals surface area contributed by atoms with Crippen molar-refractivity contribution in [2.75, 3.05) is 26.2 Å². The van der Waals surface area contributed by atoms with Crippen LogP contribution in [-0.4, -0.2) is 41.1 Å². The molecule has 0 spiro atoms. The largest absolute Gasteiger partial charge is 0.478 e. The standard InChI is InChI=1S/C20H25Cl2N3O/c1-15-23-19(17-8-7-16(21)13-18(17)22)14-20(24-15)26-12-6-5-11-25-9-3-2-4-10-25/h7-8,13-14H,2-6,9-12H2,1H3. The number of aryl methyl sites for hydroxylation is 1. The Kier molecular flexibility index (Phi) is 7.12. The van der Waals surface area contributed by atoms with Crippen LogP contribution in [0, 0.1) is 6.92 Å². The van der Waals surface area contributed by atoms with Crippen LogP contribution in [0.3, 0.4) is 0 Å². The van der Waals surface area contributed by atoms with Gasteiger partial charge in [-0.25, -0.2) is 4.98 Å². The molecule has 6 heteroatoms. The van der Waals surface area contributed by atoms with Gasteiger partial charge in [0.05, 0.1) is 17.3 Å². The Morgan fingerprint density at radius 1 is 1.04 bits per heavy atom. The zero-order chi connectivity index (χ0) is 18.4. The number of unbranched alkanes of at least 4 members (excludes halogenated alkanes) is 1. The second kappa shape index (κ2) is 9.54. The molecule has 2 heterocycles. The summed E-state index contributed by atoms with van der Waals surface area (Å²) in [5, 5.41) is 1.18. The number of rotatable bonds is 7. The van der Waals surface area contributed by atoms with Crippen molar-refractivity contribution in [3.05, 3.63) is 40.1 Å². The minimum absolute atomic E-state index is 0.572. The summed E-state index contributed by atoms with van der Waals surface area (Å²) in [6.07, 6.45) is 6.24. The number of aromatic nitrogens is 2. The zero-order valence-corrected chi connectivity index (χ0v) is 16.7. The molecule has 1 fully saturated rings. The minimum atomic E-state index is 0.572. The van der Waals surface area contributed by atoms with Gasteiger partial charge in [-0.2, -0.15) is 4.98 Å². The first-order valence-corrected chi connectivity index (χ1v) is 10.0. The van der Waals surface area contributed by atoms with E-state index in [-0.39, 0.29) is 0 Å². The maximum absolute atomic E-state index is 6.30. The summed E-state index contributed by atoms with van der Waals surface area (Å²) >= 11 is 12.3. The van der Waals surface area contributed by atoms with E-state index in [1.54, 1.807) is 12.1 Å². The molecule has 26 heavy (non-hydrogen) atoms.